The van der Waals surface area contributed by atoms with Gasteiger partial charge in [0.05, 0.1) is 33.0 Å². The lowest BCUT2D eigenvalue weighted by Gasteiger charge is -2.19. The molecule has 0 aliphatic heterocycles. The van der Waals surface area contributed by atoms with Crippen molar-refractivity contribution in [3.8, 4) is 0 Å². The maximum Gasteiger partial charge on any atom is 0.407 e. The quantitative estimate of drug-likeness (QED) is 0.341. The summed E-state index contributed by atoms with van der Waals surface area (Å²) in [5.41, 5.74) is -0.487. The fraction of sp³-hybridized carbons (Fsp3) is 0.882. The molecule has 0 radical (unpaired) electrons. The van der Waals surface area contributed by atoms with Gasteiger partial charge in [-0.15, -0.1) is 0 Å². The van der Waals surface area contributed by atoms with Gasteiger partial charge in [-0.3, -0.25) is 4.79 Å². The molecule has 1 amide bonds. The summed E-state index contributed by atoms with van der Waals surface area (Å²) in [6, 6.07) is 0. The average Bonchev–Trinajstić information content (AvgIpc) is 2.52. The van der Waals surface area contributed by atoms with Crippen LogP contribution in [0.15, 0.2) is 0 Å². The first-order valence-corrected chi connectivity index (χ1v) is 8.94. The van der Waals surface area contributed by atoms with Crippen LogP contribution in [-0.2, 0) is 23.7 Å². The van der Waals surface area contributed by atoms with Gasteiger partial charge in [0, 0.05) is 19.8 Å². The molecule has 154 valence electrons. The Balaban J connectivity index is 3.16. The third-order valence-corrected chi connectivity index (χ3v) is 2.80. The minimum atomic E-state index is -0.860. The van der Waals surface area contributed by atoms with Crippen molar-refractivity contribution in [1.29, 1.82) is 0 Å². The fourth-order valence-corrected chi connectivity index (χ4v) is 1.72. The van der Waals surface area contributed by atoms with E-state index in [-0.39, 0.29) is 6.54 Å². The lowest BCUT2D eigenvalue weighted by Crippen LogP contribution is -2.33. The molecule has 0 saturated heterocycles. The SMILES string of the molecule is CC(C)(C)OC(=O)NCCCOCCOCCOCCCNCC(=O)O. The van der Waals surface area contributed by atoms with Gasteiger partial charge in [0.25, 0.3) is 0 Å². The number of carbonyl (C=O) groups excluding carboxylic acids is 1. The second-order valence-corrected chi connectivity index (χ2v) is 6.54. The minimum Gasteiger partial charge on any atom is -0.480 e. The number of hydrogen-bond donors (Lipinski definition) is 3. The Bertz CT molecular complexity index is 373. The molecule has 0 spiro atoms. The second-order valence-electron chi connectivity index (χ2n) is 6.54. The summed E-state index contributed by atoms with van der Waals surface area (Å²) >= 11 is 0. The van der Waals surface area contributed by atoms with Crippen LogP contribution in [-0.4, -0.2) is 82.0 Å². The van der Waals surface area contributed by atoms with Crippen molar-refractivity contribution in [3.05, 3.63) is 0 Å². The van der Waals surface area contributed by atoms with Crippen LogP contribution in [0.2, 0.25) is 0 Å². The lowest BCUT2D eigenvalue weighted by molar-refractivity contribution is -0.135. The molecule has 0 aliphatic rings. The van der Waals surface area contributed by atoms with Gasteiger partial charge in [0.2, 0.25) is 0 Å². The van der Waals surface area contributed by atoms with Crippen LogP contribution in [0.1, 0.15) is 33.6 Å². The molecule has 0 saturated carbocycles. The van der Waals surface area contributed by atoms with Gasteiger partial charge in [-0.25, -0.2) is 4.79 Å². The van der Waals surface area contributed by atoms with E-state index in [1.807, 2.05) is 20.8 Å². The van der Waals surface area contributed by atoms with Crippen molar-refractivity contribution < 1.29 is 33.6 Å². The molecule has 0 heterocycles. The van der Waals surface area contributed by atoms with Gasteiger partial charge >= 0.3 is 12.1 Å². The smallest absolute Gasteiger partial charge is 0.407 e. The predicted molar refractivity (Wildman–Crippen MR) is 96.4 cm³/mol. The number of carboxylic acids is 1. The van der Waals surface area contributed by atoms with E-state index in [2.05, 4.69) is 10.6 Å². The Hall–Kier alpha value is -1.42. The van der Waals surface area contributed by atoms with Gasteiger partial charge in [0.1, 0.15) is 5.60 Å². The maximum atomic E-state index is 11.4. The Labute approximate surface area is 155 Å². The first-order valence-electron chi connectivity index (χ1n) is 8.94. The molecule has 0 bridgehead atoms. The second kappa shape index (κ2) is 15.8. The summed E-state index contributed by atoms with van der Waals surface area (Å²) in [6.07, 6.45) is 1.05. The first kappa shape index (κ1) is 24.6. The van der Waals surface area contributed by atoms with Gasteiger partial charge in [-0.2, -0.15) is 0 Å². The zero-order valence-electron chi connectivity index (χ0n) is 16.2. The maximum absolute atomic E-state index is 11.4. The Morgan fingerprint density at radius 2 is 1.35 bits per heavy atom. The van der Waals surface area contributed by atoms with Crippen molar-refractivity contribution >= 4 is 12.1 Å². The minimum absolute atomic E-state index is 0.0276. The predicted octanol–water partition coefficient (Wildman–Crippen LogP) is 1.02. The van der Waals surface area contributed by atoms with Crippen LogP contribution in [0.25, 0.3) is 0 Å². The normalized spacial score (nSPS) is 11.3. The van der Waals surface area contributed by atoms with E-state index >= 15 is 0 Å². The van der Waals surface area contributed by atoms with Crippen molar-refractivity contribution in [3.63, 3.8) is 0 Å². The van der Waals surface area contributed by atoms with Crippen LogP contribution in [0.4, 0.5) is 4.79 Å². The van der Waals surface area contributed by atoms with Crippen molar-refractivity contribution in [1.82, 2.24) is 10.6 Å². The van der Waals surface area contributed by atoms with Crippen LogP contribution >= 0.6 is 0 Å². The number of hydrogen-bond acceptors (Lipinski definition) is 7. The van der Waals surface area contributed by atoms with Crippen LogP contribution in [0.5, 0.6) is 0 Å². The average molecular weight is 378 g/mol. The molecule has 0 aromatic carbocycles. The number of aliphatic carboxylic acids is 1. The number of carboxylic acid groups (broad SMARTS) is 1. The van der Waals surface area contributed by atoms with E-state index in [4.69, 9.17) is 24.1 Å². The van der Waals surface area contributed by atoms with Crippen LogP contribution in [0, 0.1) is 0 Å². The fourth-order valence-electron chi connectivity index (χ4n) is 1.72. The van der Waals surface area contributed by atoms with Gasteiger partial charge in [-0.1, -0.05) is 0 Å². The summed E-state index contributed by atoms with van der Waals surface area (Å²) in [6.45, 7) is 9.63. The molecule has 0 aliphatic carbocycles. The third kappa shape index (κ3) is 20.6. The van der Waals surface area contributed by atoms with E-state index in [1.54, 1.807) is 0 Å². The number of nitrogens with one attached hydrogen (secondary N) is 2. The molecular weight excluding hydrogens is 344 g/mol. The highest BCUT2D eigenvalue weighted by Gasteiger charge is 2.15. The topological polar surface area (TPSA) is 115 Å². The van der Waals surface area contributed by atoms with Crippen molar-refractivity contribution in [2.24, 2.45) is 0 Å². The van der Waals surface area contributed by atoms with E-state index in [0.717, 1.165) is 6.42 Å². The van der Waals surface area contributed by atoms with Crippen molar-refractivity contribution in [2.45, 2.75) is 39.2 Å². The van der Waals surface area contributed by atoms with E-state index in [0.29, 0.717) is 59.2 Å². The molecule has 0 aromatic heterocycles. The van der Waals surface area contributed by atoms with Crippen LogP contribution in [0.3, 0.4) is 0 Å². The molecule has 0 aromatic rings. The summed E-state index contributed by atoms with van der Waals surface area (Å²) in [4.78, 5) is 21.6. The molecule has 0 fully saturated rings. The molecule has 0 rings (SSSR count). The van der Waals surface area contributed by atoms with Gasteiger partial charge in [-0.05, 0) is 40.2 Å². The first-order chi connectivity index (χ1) is 12.3. The summed E-state index contributed by atoms with van der Waals surface area (Å²) in [7, 11) is 0. The number of carbonyl (C=O) groups is 2. The summed E-state index contributed by atoms with van der Waals surface area (Å²) in [5.74, 6) is -0.860. The number of ether oxygens (including phenoxy) is 4. The molecule has 9 heteroatoms. The highest BCUT2D eigenvalue weighted by Crippen LogP contribution is 2.06. The van der Waals surface area contributed by atoms with Gasteiger partial charge < -0.3 is 34.7 Å². The summed E-state index contributed by atoms with van der Waals surface area (Å²) in [5, 5.41) is 13.9. The molecule has 3 N–H and O–H groups in total. The van der Waals surface area contributed by atoms with E-state index < -0.39 is 17.7 Å². The zero-order valence-corrected chi connectivity index (χ0v) is 16.2. The highest BCUT2D eigenvalue weighted by molar-refractivity contribution is 5.69. The Kier molecular flexibility index (Phi) is 14.9. The molecule has 0 unspecified atom stereocenters. The number of amides is 1. The zero-order chi connectivity index (χ0) is 19.7. The number of rotatable bonds is 16. The molecule has 26 heavy (non-hydrogen) atoms. The monoisotopic (exact) mass is 378 g/mol. The highest BCUT2D eigenvalue weighted by atomic mass is 16.6. The van der Waals surface area contributed by atoms with E-state index in [1.165, 1.54) is 0 Å². The van der Waals surface area contributed by atoms with Crippen molar-refractivity contribution in [2.75, 3.05) is 59.3 Å². The van der Waals surface area contributed by atoms with E-state index in [9.17, 15) is 9.59 Å². The van der Waals surface area contributed by atoms with Crippen LogP contribution < -0.4 is 10.6 Å². The molecular formula is C17H34N2O7. The summed E-state index contributed by atoms with van der Waals surface area (Å²) < 4.78 is 21.2. The lowest BCUT2D eigenvalue weighted by atomic mass is 10.2. The standard InChI is InChI=1S/C17H34N2O7/c1-17(2,3)26-16(22)19-7-5-9-24-11-13-25-12-10-23-8-4-6-18-14-15(20)21/h18H,4-14H2,1-3H3,(H,19,22)(H,20,21). The molecule has 0 atom stereocenters. The number of alkyl carbamates (subject to hydrolysis) is 1. The molecule has 9 nitrogen and oxygen atoms in total. The Morgan fingerprint density at radius 1 is 0.846 bits per heavy atom. The third-order valence-electron chi connectivity index (χ3n) is 2.80. The largest absolute Gasteiger partial charge is 0.480 e. The Morgan fingerprint density at radius 3 is 1.85 bits per heavy atom. The van der Waals surface area contributed by atoms with Gasteiger partial charge in [0.15, 0.2) is 0 Å².